The second-order valence-electron chi connectivity index (χ2n) is 4.85. The number of amides is 2. The molecule has 1 saturated carbocycles. The summed E-state index contributed by atoms with van der Waals surface area (Å²) in [6.07, 6.45) is 4.43. The van der Waals surface area contributed by atoms with Crippen LogP contribution in [-0.4, -0.2) is 48.4 Å². The standard InChI is InChI=1S/C12H21N3O2/c1-2-3-6-15(9-4-5-9)12(17)10-7-14-11(16)8-13-10/h9-10,13H,2-8H2,1H3,(H,14,16). The average Bonchev–Trinajstić information content (AvgIpc) is 3.14. The predicted molar refractivity (Wildman–Crippen MR) is 64.4 cm³/mol. The molecule has 5 heteroatoms. The van der Waals surface area contributed by atoms with Crippen LogP contribution in [0.2, 0.25) is 0 Å². The summed E-state index contributed by atoms with van der Waals surface area (Å²) < 4.78 is 0. The van der Waals surface area contributed by atoms with Crippen molar-refractivity contribution in [3.05, 3.63) is 0 Å². The van der Waals surface area contributed by atoms with Gasteiger partial charge in [0.2, 0.25) is 11.8 Å². The summed E-state index contributed by atoms with van der Waals surface area (Å²) in [6, 6.07) is 0.221. The number of carbonyl (C=O) groups is 2. The Hall–Kier alpha value is -1.10. The van der Waals surface area contributed by atoms with Gasteiger partial charge >= 0.3 is 0 Å². The Morgan fingerprint density at radius 2 is 2.24 bits per heavy atom. The lowest BCUT2D eigenvalue weighted by Gasteiger charge is -2.30. The Balaban J connectivity index is 1.88. The van der Waals surface area contributed by atoms with Crippen LogP contribution in [0.4, 0.5) is 0 Å². The highest BCUT2D eigenvalue weighted by Crippen LogP contribution is 2.27. The number of nitrogens with one attached hydrogen (secondary N) is 2. The van der Waals surface area contributed by atoms with E-state index in [0.717, 1.165) is 32.2 Å². The molecule has 1 unspecified atom stereocenters. The van der Waals surface area contributed by atoms with Crippen LogP contribution < -0.4 is 10.6 Å². The molecule has 5 nitrogen and oxygen atoms in total. The first-order valence-electron chi connectivity index (χ1n) is 6.53. The fourth-order valence-corrected chi connectivity index (χ4v) is 2.13. The van der Waals surface area contributed by atoms with Gasteiger partial charge in [-0.05, 0) is 19.3 Å². The summed E-state index contributed by atoms with van der Waals surface area (Å²) in [7, 11) is 0. The summed E-state index contributed by atoms with van der Waals surface area (Å²) in [5.74, 6) is 0.126. The van der Waals surface area contributed by atoms with Crippen LogP contribution in [0.1, 0.15) is 32.6 Å². The molecule has 2 aliphatic rings. The molecule has 2 N–H and O–H groups in total. The molecular weight excluding hydrogens is 218 g/mol. The lowest BCUT2D eigenvalue weighted by Crippen LogP contribution is -2.59. The molecule has 96 valence electrons. The maximum atomic E-state index is 12.3. The number of rotatable bonds is 5. The number of hydrogen-bond acceptors (Lipinski definition) is 3. The molecule has 0 bridgehead atoms. The molecule has 0 spiro atoms. The van der Waals surface area contributed by atoms with Crippen LogP contribution >= 0.6 is 0 Å². The molecule has 0 aromatic heterocycles. The smallest absolute Gasteiger partial charge is 0.241 e. The van der Waals surface area contributed by atoms with E-state index >= 15 is 0 Å². The van der Waals surface area contributed by atoms with Gasteiger partial charge in [-0.15, -0.1) is 0 Å². The lowest BCUT2D eigenvalue weighted by atomic mass is 10.2. The van der Waals surface area contributed by atoms with Crippen molar-refractivity contribution >= 4 is 11.8 Å². The number of unbranched alkanes of at least 4 members (excludes halogenated alkanes) is 1. The van der Waals surface area contributed by atoms with E-state index in [2.05, 4.69) is 17.6 Å². The fraction of sp³-hybridized carbons (Fsp3) is 0.833. The SMILES string of the molecule is CCCCN(C(=O)C1CNC(=O)CN1)C1CC1. The fourth-order valence-electron chi connectivity index (χ4n) is 2.13. The first-order chi connectivity index (χ1) is 8.22. The maximum absolute atomic E-state index is 12.3. The topological polar surface area (TPSA) is 61.4 Å². The van der Waals surface area contributed by atoms with E-state index in [1.807, 2.05) is 4.90 Å². The third-order valence-electron chi connectivity index (χ3n) is 3.33. The zero-order chi connectivity index (χ0) is 12.3. The Morgan fingerprint density at radius 1 is 1.47 bits per heavy atom. The molecule has 1 saturated heterocycles. The number of hydrogen-bond donors (Lipinski definition) is 2. The molecule has 0 radical (unpaired) electrons. The van der Waals surface area contributed by atoms with Crippen LogP contribution in [0.5, 0.6) is 0 Å². The maximum Gasteiger partial charge on any atom is 0.241 e. The molecule has 2 fully saturated rings. The van der Waals surface area contributed by atoms with Crippen LogP contribution in [-0.2, 0) is 9.59 Å². The first-order valence-corrected chi connectivity index (χ1v) is 6.53. The van der Waals surface area contributed by atoms with Gasteiger partial charge in [-0.25, -0.2) is 0 Å². The Kier molecular flexibility index (Phi) is 3.99. The largest absolute Gasteiger partial charge is 0.353 e. The molecular formula is C12H21N3O2. The van der Waals surface area contributed by atoms with Crippen LogP contribution in [0, 0.1) is 0 Å². The molecule has 1 aliphatic heterocycles. The molecule has 1 aliphatic carbocycles. The molecule has 1 heterocycles. The highest BCUT2D eigenvalue weighted by Gasteiger charge is 2.36. The average molecular weight is 239 g/mol. The van der Waals surface area contributed by atoms with E-state index in [9.17, 15) is 9.59 Å². The summed E-state index contributed by atoms with van der Waals surface area (Å²) in [6.45, 7) is 3.66. The molecule has 2 rings (SSSR count). The number of piperazine rings is 1. The third-order valence-corrected chi connectivity index (χ3v) is 3.33. The predicted octanol–water partition coefficient (Wildman–Crippen LogP) is -0.134. The van der Waals surface area contributed by atoms with E-state index in [1.165, 1.54) is 0 Å². The van der Waals surface area contributed by atoms with Gasteiger partial charge in [-0.2, -0.15) is 0 Å². The van der Waals surface area contributed by atoms with Gasteiger partial charge in [0.15, 0.2) is 0 Å². The van der Waals surface area contributed by atoms with Gasteiger partial charge < -0.3 is 10.2 Å². The van der Waals surface area contributed by atoms with Crippen LogP contribution in [0.3, 0.4) is 0 Å². The molecule has 2 amide bonds. The van der Waals surface area contributed by atoms with Gasteiger partial charge in [-0.1, -0.05) is 13.3 Å². The van der Waals surface area contributed by atoms with Crippen molar-refractivity contribution in [3.63, 3.8) is 0 Å². The minimum absolute atomic E-state index is 0.0272. The molecule has 17 heavy (non-hydrogen) atoms. The van der Waals surface area contributed by atoms with Gasteiger partial charge in [0.05, 0.1) is 6.54 Å². The minimum atomic E-state index is -0.231. The van der Waals surface area contributed by atoms with Crippen LogP contribution in [0.25, 0.3) is 0 Å². The summed E-state index contributed by atoms with van der Waals surface area (Å²) >= 11 is 0. The molecule has 1 atom stereocenters. The zero-order valence-electron chi connectivity index (χ0n) is 10.4. The zero-order valence-corrected chi connectivity index (χ0v) is 10.4. The van der Waals surface area contributed by atoms with Crippen molar-refractivity contribution in [2.45, 2.75) is 44.7 Å². The number of nitrogens with zero attached hydrogens (tertiary/aromatic N) is 1. The summed E-state index contributed by atoms with van der Waals surface area (Å²) in [5.41, 5.74) is 0. The van der Waals surface area contributed by atoms with Crippen molar-refractivity contribution < 1.29 is 9.59 Å². The third kappa shape index (κ3) is 3.19. The quantitative estimate of drug-likeness (QED) is 0.702. The lowest BCUT2D eigenvalue weighted by molar-refractivity contribution is -0.135. The normalized spacial score (nSPS) is 24.3. The van der Waals surface area contributed by atoms with Crippen molar-refractivity contribution in [2.75, 3.05) is 19.6 Å². The second kappa shape index (κ2) is 5.49. The summed E-state index contributed by atoms with van der Waals surface area (Å²) in [4.78, 5) is 25.3. The van der Waals surface area contributed by atoms with Crippen molar-refractivity contribution in [1.82, 2.24) is 15.5 Å². The Labute approximate surface area is 102 Å². The van der Waals surface area contributed by atoms with Gasteiger partial charge in [-0.3, -0.25) is 14.9 Å². The number of carbonyl (C=O) groups excluding carboxylic acids is 2. The van der Waals surface area contributed by atoms with Gasteiger partial charge in [0.25, 0.3) is 0 Å². The van der Waals surface area contributed by atoms with Crippen molar-refractivity contribution in [3.8, 4) is 0 Å². The monoisotopic (exact) mass is 239 g/mol. The Morgan fingerprint density at radius 3 is 2.76 bits per heavy atom. The van der Waals surface area contributed by atoms with E-state index in [4.69, 9.17) is 0 Å². The highest BCUT2D eigenvalue weighted by molar-refractivity contribution is 5.87. The van der Waals surface area contributed by atoms with Gasteiger partial charge in [0.1, 0.15) is 6.04 Å². The second-order valence-corrected chi connectivity index (χ2v) is 4.85. The van der Waals surface area contributed by atoms with Gasteiger partial charge in [0, 0.05) is 19.1 Å². The highest BCUT2D eigenvalue weighted by atomic mass is 16.2. The van der Waals surface area contributed by atoms with E-state index in [1.54, 1.807) is 0 Å². The van der Waals surface area contributed by atoms with Crippen molar-refractivity contribution in [2.24, 2.45) is 0 Å². The van der Waals surface area contributed by atoms with E-state index in [-0.39, 0.29) is 24.4 Å². The summed E-state index contributed by atoms with van der Waals surface area (Å²) in [5, 5.41) is 5.74. The van der Waals surface area contributed by atoms with Crippen molar-refractivity contribution in [1.29, 1.82) is 0 Å². The molecule has 0 aromatic carbocycles. The van der Waals surface area contributed by atoms with E-state index in [0.29, 0.717) is 12.6 Å². The van der Waals surface area contributed by atoms with E-state index < -0.39 is 0 Å². The van der Waals surface area contributed by atoms with Crippen LogP contribution in [0.15, 0.2) is 0 Å². The first kappa shape index (κ1) is 12.4. The molecule has 0 aromatic rings. The Bertz CT molecular complexity index is 292. The minimum Gasteiger partial charge on any atom is -0.353 e.